The molecule has 1 fully saturated rings. The summed E-state index contributed by atoms with van der Waals surface area (Å²) in [5.41, 5.74) is 0. The molecule has 28 heavy (non-hydrogen) atoms. The van der Waals surface area contributed by atoms with Crippen molar-refractivity contribution in [2.24, 2.45) is 16.8 Å². The lowest BCUT2D eigenvalue weighted by Crippen LogP contribution is -2.55. The molecule has 8 nitrogen and oxygen atoms in total. The molecule has 0 unspecified atom stereocenters. The van der Waals surface area contributed by atoms with Crippen LogP contribution in [0.1, 0.15) is 33.1 Å². The van der Waals surface area contributed by atoms with Crippen LogP contribution < -0.4 is 19.5 Å². The van der Waals surface area contributed by atoms with Gasteiger partial charge in [0.2, 0.25) is 5.96 Å². The Bertz CT molecular complexity index is 827. The van der Waals surface area contributed by atoms with Crippen molar-refractivity contribution < 1.29 is 17.9 Å². The van der Waals surface area contributed by atoms with Crippen LogP contribution in [0.25, 0.3) is 0 Å². The largest absolute Gasteiger partial charge is 0.493 e. The molecule has 1 aliphatic carbocycles. The number of guanidine groups is 1. The zero-order valence-corrected chi connectivity index (χ0v) is 17.8. The molecule has 9 heteroatoms. The molecule has 3 rings (SSSR count). The maximum Gasteiger partial charge on any atom is 0.264 e. The summed E-state index contributed by atoms with van der Waals surface area (Å²) in [6.07, 6.45) is 3.67. The van der Waals surface area contributed by atoms with Gasteiger partial charge in [-0.15, -0.1) is 0 Å². The second-order valence-corrected chi connectivity index (χ2v) is 9.21. The van der Waals surface area contributed by atoms with Crippen LogP contribution in [-0.2, 0) is 10.0 Å². The fraction of sp³-hybridized carbons (Fsp3) is 0.632. The minimum atomic E-state index is -3.78. The van der Waals surface area contributed by atoms with Crippen molar-refractivity contribution in [2.45, 2.75) is 44.0 Å². The van der Waals surface area contributed by atoms with Gasteiger partial charge in [-0.25, -0.2) is 18.1 Å². The lowest BCUT2D eigenvalue weighted by atomic mass is 9.77. The zero-order chi connectivity index (χ0) is 20.3. The predicted molar refractivity (Wildman–Crippen MR) is 108 cm³/mol. The highest BCUT2D eigenvalue weighted by atomic mass is 32.2. The first-order valence-corrected chi connectivity index (χ1v) is 11.1. The van der Waals surface area contributed by atoms with Crippen LogP contribution in [0.2, 0.25) is 0 Å². The molecule has 0 saturated heterocycles. The predicted octanol–water partition coefficient (Wildman–Crippen LogP) is 1.98. The third kappa shape index (κ3) is 4.35. The van der Waals surface area contributed by atoms with Crippen molar-refractivity contribution in [2.75, 3.05) is 27.6 Å². The number of nitrogens with zero attached hydrogens (tertiary/aromatic N) is 2. The molecule has 0 radical (unpaired) electrons. The molecule has 2 N–H and O–H groups in total. The van der Waals surface area contributed by atoms with Gasteiger partial charge in [0.05, 0.1) is 32.5 Å². The van der Waals surface area contributed by atoms with Gasteiger partial charge in [0.25, 0.3) is 10.0 Å². The molecule has 1 aromatic carbocycles. The highest BCUT2D eigenvalue weighted by molar-refractivity contribution is 7.90. The van der Waals surface area contributed by atoms with Crippen LogP contribution in [0.5, 0.6) is 11.5 Å². The van der Waals surface area contributed by atoms with E-state index in [-0.39, 0.29) is 10.9 Å². The van der Waals surface area contributed by atoms with Gasteiger partial charge in [-0.3, -0.25) is 4.90 Å². The lowest BCUT2D eigenvalue weighted by molar-refractivity contribution is 0.0768. The van der Waals surface area contributed by atoms with Gasteiger partial charge >= 0.3 is 0 Å². The number of benzene rings is 1. The van der Waals surface area contributed by atoms with E-state index in [0.29, 0.717) is 42.7 Å². The highest BCUT2D eigenvalue weighted by Crippen LogP contribution is 2.33. The van der Waals surface area contributed by atoms with Gasteiger partial charge < -0.3 is 14.8 Å². The summed E-state index contributed by atoms with van der Waals surface area (Å²) in [6.45, 7) is 5.67. The van der Waals surface area contributed by atoms with Crippen molar-refractivity contribution in [1.82, 2.24) is 14.9 Å². The average molecular weight is 411 g/mol. The summed E-state index contributed by atoms with van der Waals surface area (Å²) in [7, 11) is -0.804. The van der Waals surface area contributed by atoms with Gasteiger partial charge in [-0.2, -0.15) is 0 Å². The van der Waals surface area contributed by atoms with Crippen LogP contribution >= 0.6 is 0 Å². The number of nitrogens with one attached hydrogen (secondary N) is 2. The first kappa shape index (κ1) is 20.7. The van der Waals surface area contributed by atoms with Crippen LogP contribution in [0.3, 0.4) is 0 Å². The molecule has 0 aromatic heterocycles. The molecule has 1 heterocycles. The van der Waals surface area contributed by atoms with Crippen molar-refractivity contribution in [3.63, 3.8) is 0 Å². The van der Waals surface area contributed by atoms with Gasteiger partial charge in [0.15, 0.2) is 11.5 Å². The molecular weight excluding hydrogens is 380 g/mol. The summed E-state index contributed by atoms with van der Waals surface area (Å²) in [6, 6.07) is 4.95. The van der Waals surface area contributed by atoms with E-state index in [0.717, 1.165) is 6.42 Å². The van der Waals surface area contributed by atoms with Crippen molar-refractivity contribution >= 4 is 16.0 Å². The van der Waals surface area contributed by atoms with E-state index in [1.54, 1.807) is 6.07 Å². The Hall–Kier alpha value is -2.00. The molecule has 1 saturated carbocycles. The van der Waals surface area contributed by atoms with Crippen molar-refractivity contribution in [3.8, 4) is 11.5 Å². The molecule has 2 aliphatic rings. The third-order valence-corrected chi connectivity index (χ3v) is 7.23. The SMILES string of the molecule is COc1ccc(S(=O)(=O)NC2=NCN([C@@H]3CCC[C@@H](C)[C@H]3C)CN2)cc1OC. The Morgan fingerprint density at radius 2 is 1.93 bits per heavy atom. The second kappa shape index (κ2) is 8.57. The summed E-state index contributed by atoms with van der Waals surface area (Å²) in [4.78, 5) is 6.79. The van der Waals surface area contributed by atoms with E-state index in [2.05, 4.69) is 33.8 Å². The quantitative estimate of drug-likeness (QED) is 0.771. The topological polar surface area (TPSA) is 92.3 Å². The van der Waals surface area contributed by atoms with Gasteiger partial charge in [0.1, 0.15) is 0 Å². The van der Waals surface area contributed by atoms with E-state index in [1.807, 2.05) is 0 Å². The van der Waals surface area contributed by atoms with E-state index in [1.165, 1.54) is 39.2 Å². The minimum Gasteiger partial charge on any atom is -0.493 e. The van der Waals surface area contributed by atoms with Crippen LogP contribution in [0, 0.1) is 11.8 Å². The minimum absolute atomic E-state index is 0.0896. The first-order valence-electron chi connectivity index (χ1n) is 9.63. The van der Waals surface area contributed by atoms with E-state index in [9.17, 15) is 8.42 Å². The van der Waals surface area contributed by atoms with Crippen LogP contribution in [-0.4, -0.2) is 52.9 Å². The molecule has 0 amide bonds. The Morgan fingerprint density at radius 1 is 1.18 bits per heavy atom. The molecule has 0 bridgehead atoms. The number of aliphatic imine (C=N–C) groups is 1. The average Bonchev–Trinajstić information content (AvgIpc) is 2.70. The Morgan fingerprint density at radius 3 is 2.57 bits per heavy atom. The maximum absolute atomic E-state index is 12.7. The number of hydrogen-bond donors (Lipinski definition) is 2. The third-order valence-electron chi connectivity index (χ3n) is 5.89. The molecular formula is C19H30N4O4S. The standard InChI is InChI=1S/C19H30N4O4S/c1-13-6-5-7-16(14(13)2)23-11-20-19(21-12-23)22-28(24,25)15-8-9-17(26-3)18(10-15)27-4/h8-10,13-14,16H,5-7,11-12H2,1-4H3,(H2,20,21,22)/t13-,14-,16-/m1/s1. The van der Waals surface area contributed by atoms with Crippen LogP contribution in [0.4, 0.5) is 0 Å². The molecule has 156 valence electrons. The first-order chi connectivity index (χ1) is 13.4. The number of hydrogen-bond acceptors (Lipinski definition) is 7. The van der Waals surface area contributed by atoms with Gasteiger partial charge in [-0.1, -0.05) is 26.7 Å². The number of rotatable bonds is 5. The maximum atomic E-state index is 12.7. The van der Waals surface area contributed by atoms with E-state index >= 15 is 0 Å². The second-order valence-electron chi connectivity index (χ2n) is 7.53. The van der Waals surface area contributed by atoms with Crippen molar-refractivity contribution in [1.29, 1.82) is 0 Å². The van der Waals surface area contributed by atoms with E-state index < -0.39 is 10.0 Å². The lowest BCUT2D eigenvalue weighted by Gasteiger charge is -2.42. The number of ether oxygens (including phenoxy) is 2. The summed E-state index contributed by atoms with van der Waals surface area (Å²) >= 11 is 0. The van der Waals surface area contributed by atoms with Gasteiger partial charge in [0, 0.05) is 12.1 Å². The number of methoxy groups -OCH3 is 2. The Labute approximate surface area is 167 Å². The van der Waals surface area contributed by atoms with Crippen molar-refractivity contribution in [3.05, 3.63) is 18.2 Å². The number of sulfonamides is 1. The zero-order valence-electron chi connectivity index (χ0n) is 16.9. The fourth-order valence-electron chi connectivity index (χ4n) is 3.97. The monoisotopic (exact) mass is 410 g/mol. The van der Waals surface area contributed by atoms with Crippen LogP contribution in [0.15, 0.2) is 28.1 Å². The summed E-state index contributed by atoms with van der Waals surface area (Å²) in [5, 5.41) is 3.11. The van der Waals surface area contributed by atoms with E-state index in [4.69, 9.17) is 9.47 Å². The normalized spacial score (nSPS) is 26.1. The van der Waals surface area contributed by atoms with Gasteiger partial charge in [-0.05, 0) is 30.4 Å². The summed E-state index contributed by atoms with van der Waals surface area (Å²) in [5.74, 6) is 2.41. The highest BCUT2D eigenvalue weighted by Gasteiger charge is 2.32. The summed E-state index contributed by atoms with van der Waals surface area (Å²) < 4.78 is 38.3. The molecule has 1 aliphatic heterocycles. The Kier molecular flexibility index (Phi) is 6.34. The molecule has 3 atom stereocenters. The Balaban J connectivity index is 1.68. The fourth-order valence-corrected chi connectivity index (χ4v) is 4.99. The smallest absolute Gasteiger partial charge is 0.264 e. The molecule has 1 aromatic rings. The molecule has 0 spiro atoms.